The van der Waals surface area contributed by atoms with Gasteiger partial charge in [0.25, 0.3) is 0 Å². The number of benzene rings is 1. The molecule has 72 valence electrons. The van der Waals surface area contributed by atoms with Crippen LogP contribution >= 0.6 is 0 Å². The molecule has 2 rings (SSSR count). The lowest BCUT2D eigenvalue weighted by Gasteiger charge is -2.06. The van der Waals surface area contributed by atoms with Crippen molar-refractivity contribution in [3.63, 3.8) is 0 Å². The van der Waals surface area contributed by atoms with Crippen molar-refractivity contribution in [2.24, 2.45) is 0 Å². The topological polar surface area (TPSA) is 43.8 Å². The second-order valence-electron chi connectivity index (χ2n) is 3.16. The maximum Gasteiger partial charge on any atom is 0.112 e. The van der Waals surface area contributed by atoms with Gasteiger partial charge in [0.05, 0.1) is 0 Å². The number of hydrogen-bond acceptors (Lipinski definition) is 2. The summed E-state index contributed by atoms with van der Waals surface area (Å²) in [5.74, 6) is 1.05. The van der Waals surface area contributed by atoms with Gasteiger partial charge in [0.1, 0.15) is 5.82 Å². The zero-order valence-electron chi connectivity index (χ0n) is 8.14. The van der Waals surface area contributed by atoms with E-state index in [0.29, 0.717) is 0 Å². The first kappa shape index (κ1) is 8.81. The summed E-state index contributed by atoms with van der Waals surface area (Å²) in [6.07, 6.45) is 4.68. The van der Waals surface area contributed by atoms with Crippen LogP contribution in [0.25, 0.3) is 5.69 Å². The number of nitrogens with zero attached hydrogens (tertiary/aromatic N) is 2. The molecule has 0 atom stereocenters. The smallest absolute Gasteiger partial charge is 0.112 e. The van der Waals surface area contributed by atoms with Gasteiger partial charge in [-0.1, -0.05) is 13.0 Å². The lowest BCUT2D eigenvalue weighted by molar-refractivity contribution is 0.891. The van der Waals surface area contributed by atoms with Crippen LogP contribution in [-0.2, 0) is 6.42 Å². The van der Waals surface area contributed by atoms with E-state index in [9.17, 15) is 0 Å². The van der Waals surface area contributed by atoms with E-state index < -0.39 is 0 Å². The van der Waals surface area contributed by atoms with Gasteiger partial charge in [-0.2, -0.15) is 0 Å². The minimum Gasteiger partial charge on any atom is -0.399 e. The van der Waals surface area contributed by atoms with Gasteiger partial charge in [-0.3, -0.25) is 0 Å². The molecule has 0 aliphatic carbocycles. The van der Waals surface area contributed by atoms with Gasteiger partial charge >= 0.3 is 0 Å². The van der Waals surface area contributed by atoms with Gasteiger partial charge < -0.3 is 10.3 Å². The molecule has 3 heteroatoms. The first-order chi connectivity index (χ1) is 6.81. The number of imidazole rings is 1. The Balaban J connectivity index is 2.49. The number of nitrogens with two attached hydrogens (primary N) is 1. The van der Waals surface area contributed by atoms with Gasteiger partial charge in [-0.25, -0.2) is 4.98 Å². The van der Waals surface area contributed by atoms with E-state index in [0.717, 1.165) is 23.6 Å². The van der Waals surface area contributed by atoms with E-state index in [1.54, 1.807) is 0 Å². The number of nitrogen functional groups attached to an aromatic ring is 1. The summed E-state index contributed by atoms with van der Waals surface area (Å²) in [5.41, 5.74) is 7.57. The molecule has 1 heterocycles. The maximum atomic E-state index is 5.72. The minimum absolute atomic E-state index is 0.776. The van der Waals surface area contributed by atoms with Crippen LogP contribution in [0.3, 0.4) is 0 Å². The Hall–Kier alpha value is -1.77. The van der Waals surface area contributed by atoms with Crippen molar-refractivity contribution in [3.05, 3.63) is 42.5 Å². The fourth-order valence-electron chi connectivity index (χ4n) is 1.51. The second kappa shape index (κ2) is 3.54. The lowest BCUT2D eigenvalue weighted by Crippen LogP contribution is -1.99. The third-order valence-electron chi connectivity index (χ3n) is 2.18. The van der Waals surface area contributed by atoms with Crippen LogP contribution in [0.4, 0.5) is 5.69 Å². The second-order valence-corrected chi connectivity index (χ2v) is 3.16. The molecular weight excluding hydrogens is 174 g/mol. The molecule has 0 fully saturated rings. The fourth-order valence-corrected chi connectivity index (χ4v) is 1.51. The molecule has 0 aliphatic heterocycles. The molecule has 0 unspecified atom stereocenters. The third-order valence-corrected chi connectivity index (χ3v) is 2.18. The number of anilines is 1. The molecular formula is C11H13N3. The highest BCUT2D eigenvalue weighted by atomic mass is 15.1. The molecule has 0 aliphatic rings. The molecule has 2 N–H and O–H groups in total. The van der Waals surface area contributed by atoms with Crippen LogP contribution in [0.1, 0.15) is 12.7 Å². The molecule has 3 nitrogen and oxygen atoms in total. The van der Waals surface area contributed by atoms with Crippen LogP contribution in [0, 0.1) is 0 Å². The normalized spacial score (nSPS) is 10.4. The molecule has 0 spiro atoms. The molecule has 1 aromatic heterocycles. The van der Waals surface area contributed by atoms with Crippen molar-refractivity contribution in [2.45, 2.75) is 13.3 Å². The number of rotatable bonds is 2. The van der Waals surface area contributed by atoms with E-state index >= 15 is 0 Å². The van der Waals surface area contributed by atoms with Gasteiger partial charge in [-0.15, -0.1) is 0 Å². The Labute approximate surface area is 83.2 Å². The van der Waals surface area contributed by atoms with Gasteiger partial charge in [0.2, 0.25) is 0 Å². The van der Waals surface area contributed by atoms with E-state index in [1.165, 1.54) is 0 Å². The molecule has 14 heavy (non-hydrogen) atoms. The van der Waals surface area contributed by atoms with Crippen molar-refractivity contribution in [2.75, 3.05) is 5.73 Å². The van der Waals surface area contributed by atoms with Crippen molar-refractivity contribution in [3.8, 4) is 5.69 Å². The van der Waals surface area contributed by atoms with Gasteiger partial charge in [-0.05, 0) is 18.2 Å². The number of aryl methyl sites for hydroxylation is 1. The van der Waals surface area contributed by atoms with E-state index in [-0.39, 0.29) is 0 Å². The molecule has 0 radical (unpaired) electrons. The van der Waals surface area contributed by atoms with E-state index in [2.05, 4.69) is 16.5 Å². The fraction of sp³-hybridized carbons (Fsp3) is 0.182. The number of aromatic nitrogens is 2. The highest BCUT2D eigenvalue weighted by Crippen LogP contribution is 2.13. The highest BCUT2D eigenvalue weighted by Gasteiger charge is 2.01. The lowest BCUT2D eigenvalue weighted by atomic mass is 10.3. The van der Waals surface area contributed by atoms with Crippen LogP contribution in [0.15, 0.2) is 36.7 Å². The quantitative estimate of drug-likeness (QED) is 0.731. The van der Waals surface area contributed by atoms with Crippen LogP contribution in [0.5, 0.6) is 0 Å². The summed E-state index contributed by atoms with van der Waals surface area (Å²) in [6, 6.07) is 7.80. The molecule has 0 saturated carbocycles. The summed E-state index contributed by atoms with van der Waals surface area (Å²) in [7, 11) is 0. The Bertz CT molecular complexity index is 432. The summed E-state index contributed by atoms with van der Waals surface area (Å²) < 4.78 is 2.05. The predicted octanol–water partition coefficient (Wildman–Crippen LogP) is 2.02. The van der Waals surface area contributed by atoms with Crippen LogP contribution < -0.4 is 5.73 Å². The summed E-state index contributed by atoms with van der Waals surface area (Å²) >= 11 is 0. The summed E-state index contributed by atoms with van der Waals surface area (Å²) in [5, 5.41) is 0. The molecule has 0 saturated heterocycles. The standard InChI is InChI=1S/C11H13N3/c1-2-11-13-6-7-14(11)10-5-3-4-9(12)8-10/h3-8H,2,12H2,1H3. The van der Waals surface area contributed by atoms with E-state index in [1.807, 2.05) is 36.7 Å². The summed E-state index contributed by atoms with van der Waals surface area (Å²) in [6.45, 7) is 2.09. The Kier molecular flexibility index (Phi) is 2.23. The zero-order valence-corrected chi connectivity index (χ0v) is 8.14. The minimum atomic E-state index is 0.776. The van der Waals surface area contributed by atoms with Crippen molar-refractivity contribution < 1.29 is 0 Å². The van der Waals surface area contributed by atoms with Crippen molar-refractivity contribution in [1.82, 2.24) is 9.55 Å². The van der Waals surface area contributed by atoms with Crippen molar-refractivity contribution in [1.29, 1.82) is 0 Å². The Morgan fingerprint density at radius 2 is 2.29 bits per heavy atom. The highest BCUT2D eigenvalue weighted by molar-refractivity contribution is 5.47. The first-order valence-corrected chi connectivity index (χ1v) is 4.69. The van der Waals surface area contributed by atoms with Crippen LogP contribution in [-0.4, -0.2) is 9.55 Å². The molecule has 0 bridgehead atoms. The number of hydrogen-bond donors (Lipinski definition) is 1. The predicted molar refractivity (Wildman–Crippen MR) is 57.4 cm³/mol. The average molecular weight is 187 g/mol. The average Bonchev–Trinajstić information content (AvgIpc) is 2.65. The maximum absolute atomic E-state index is 5.72. The molecule has 0 amide bonds. The molecule has 1 aromatic carbocycles. The Morgan fingerprint density at radius 1 is 1.43 bits per heavy atom. The van der Waals surface area contributed by atoms with Crippen LogP contribution in [0.2, 0.25) is 0 Å². The van der Waals surface area contributed by atoms with Crippen molar-refractivity contribution >= 4 is 5.69 Å². The monoisotopic (exact) mass is 187 g/mol. The Morgan fingerprint density at radius 3 is 3.00 bits per heavy atom. The van der Waals surface area contributed by atoms with Gasteiger partial charge in [0.15, 0.2) is 0 Å². The zero-order chi connectivity index (χ0) is 9.97. The van der Waals surface area contributed by atoms with E-state index in [4.69, 9.17) is 5.73 Å². The largest absolute Gasteiger partial charge is 0.399 e. The third kappa shape index (κ3) is 1.48. The first-order valence-electron chi connectivity index (χ1n) is 4.69. The summed E-state index contributed by atoms with van der Waals surface area (Å²) in [4.78, 5) is 4.26. The molecule has 2 aromatic rings. The SMILES string of the molecule is CCc1nccn1-c1cccc(N)c1. The van der Waals surface area contributed by atoms with Gasteiger partial charge in [0, 0.05) is 30.2 Å².